The molecule has 0 radical (unpaired) electrons. The molecule has 0 rings (SSSR count). The van der Waals surface area contributed by atoms with Crippen LogP contribution < -0.4 is 0 Å². The number of hydrogen-bond acceptors (Lipinski definition) is 2. The van der Waals surface area contributed by atoms with E-state index in [1.165, 1.54) is 30.8 Å². The number of ether oxygens (including phenoxy) is 1. The maximum atomic E-state index is 8.88. The van der Waals surface area contributed by atoms with Crippen molar-refractivity contribution in [3.63, 3.8) is 0 Å². The summed E-state index contributed by atoms with van der Waals surface area (Å²) in [6.45, 7) is 9.68. The number of rotatable bonds is 8. The Balaban J connectivity index is -0.000000238. The Hall–Kier alpha value is 0.407. The summed E-state index contributed by atoms with van der Waals surface area (Å²) in [4.78, 5) is 21.6. The van der Waals surface area contributed by atoms with Crippen LogP contribution in [0.5, 0.6) is 0 Å². The zero-order valence-electron chi connectivity index (χ0n) is 12.5. The van der Waals surface area contributed by atoms with Gasteiger partial charge in [-0.2, -0.15) is 0 Å². The first-order valence-electron chi connectivity index (χ1n) is 6.80. The molecule has 0 heterocycles. The number of hydrogen-bond donors (Lipinski definition) is 3. The summed E-state index contributed by atoms with van der Waals surface area (Å²) in [5.41, 5.74) is 0. The Morgan fingerprint density at radius 3 is 1.89 bits per heavy atom. The van der Waals surface area contributed by atoms with Crippen molar-refractivity contribution in [2.24, 2.45) is 0 Å². The van der Waals surface area contributed by atoms with Crippen LogP contribution in [0.15, 0.2) is 12.7 Å². The van der Waals surface area contributed by atoms with Crippen molar-refractivity contribution in [3.05, 3.63) is 12.7 Å². The van der Waals surface area contributed by atoms with Crippen LogP contribution in [0.1, 0.15) is 46.0 Å². The average molecular weight is 290 g/mol. The second-order valence-corrected chi connectivity index (χ2v) is 4.91. The van der Waals surface area contributed by atoms with Gasteiger partial charge in [-0.15, -0.1) is 6.58 Å². The Labute approximate surface area is 126 Å². The molecule has 0 aromatic rings. The molecule has 0 atom stereocenters. The molecule has 19 heavy (non-hydrogen) atoms. The monoisotopic (exact) mass is 290 g/mol. The molecule has 0 saturated heterocycles. The van der Waals surface area contributed by atoms with Gasteiger partial charge in [-0.25, -0.2) is 4.57 Å². The molecule has 3 N–H and O–H groups in total. The van der Waals surface area contributed by atoms with E-state index in [9.17, 15) is 0 Å². The summed E-state index contributed by atoms with van der Waals surface area (Å²) in [6.07, 6.45) is 8.01. The van der Waals surface area contributed by atoms with Gasteiger partial charge in [0.15, 0.2) is 0 Å². The van der Waals surface area contributed by atoms with Crippen LogP contribution >= 0.6 is 7.82 Å². The Kier molecular flexibility index (Phi) is 26.6. The third-order valence-corrected chi connectivity index (χ3v) is 1.82. The molecule has 7 heteroatoms. The predicted octanol–water partition coefficient (Wildman–Crippen LogP) is 2.82. The summed E-state index contributed by atoms with van der Waals surface area (Å²) < 4.78 is 14.3. The molecule has 0 fully saturated rings. The topological polar surface area (TPSA) is 87.0 Å². The van der Waals surface area contributed by atoms with Gasteiger partial charge in [-0.3, -0.25) is 0 Å². The normalized spacial score (nSPS) is 9.84. The minimum absolute atomic E-state index is 0.959. The predicted molar refractivity (Wildman–Crippen MR) is 80.3 cm³/mol. The fourth-order valence-corrected chi connectivity index (χ4v) is 0.803. The zero-order valence-corrected chi connectivity index (χ0v) is 13.4. The first-order valence-corrected chi connectivity index (χ1v) is 8.36. The number of allylic oxidation sites excluding steroid dienone is 1. The molecular formula is C12H28LiO5P. The van der Waals surface area contributed by atoms with Gasteiger partial charge in [0.1, 0.15) is 0 Å². The van der Waals surface area contributed by atoms with Crippen LogP contribution in [0, 0.1) is 0 Å². The van der Waals surface area contributed by atoms with Crippen molar-refractivity contribution in [2.45, 2.75) is 51.0 Å². The molecule has 0 bridgehead atoms. The molecule has 0 amide bonds. The molecule has 0 spiro atoms. The van der Waals surface area contributed by atoms with Crippen LogP contribution in [0.4, 0.5) is 0 Å². The standard InChI is InChI=1S/C8H17O.C4H8.Li.H3O4P/c1-3-5-6-8-9-7-4-2;1-3-4-2;;1-5(2,3)4/h2-8H2,1H3;3H,1,4H2,2H3;;(H3,1,2,3,4). The van der Waals surface area contributed by atoms with Crippen LogP contribution in [0.25, 0.3) is 0 Å². The van der Waals surface area contributed by atoms with E-state index in [0.717, 1.165) is 19.6 Å². The van der Waals surface area contributed by atoms with E-state index < -0.39 is 7.82 Å². The number of phosphoric acid groups is 1. The summed E-state index contributed by atoms with van der Waals surface area (Å²) in [7, 11) is -4.64. The Morgan fingerprint density at radius 2 is 1.58 bits per heavy atom. The van der Waals surface area contributed by atoms with Crippen molar-refractivity contribution >= 4 is 25.5 Å². The molecule has 0 aliphatic carbocycles. The molecule has 0 unspecified atom stereocenters. The van der Waals surface area contributed by atoms with E-state index in [1.807, 2.05) is 6.08 Å². The SMILES string of the molecule is C=CCC.O=P(O)(O)O.[Li][CH2]CCOCCCCC. The molecule has 0 aliphatic rings. The maximum absolute atomic E-state index is 8.88. The van der Waals surface area contributed by atoms with Gasteiger partial charge < -0.3 is 14.7 Å². The van der Waals surface area contributed by atoms with Crippen LogP contribution in [0.2, 0.25) is 5.09 Å². The summed E-state index contributed by atoms with van der Waals surface area (Å²) in [5.74, 6) is 0. The van der Waals surface area contributed by atoms with Crippen molar-refractivity contribution in [3.8, 4) is 0 Å². The summed E-state index contributed by atoms with van der Waals surface area (Å²) in [5, 5.41) is 1.24. The van der Waals surface area contributed by atoms with E-state index in [-0.39, 0.29) is 0 Å². The van der Waals surface area contributed by atoms with Gasteiger partial charge in [0.25, 0.3) is 0 Å². The van der Waals surface area contributed by atoms with Crippen molar-refractivity contribution < 1.29 is 24.0 Å². The molecule has 0 saturated carbocycles. The van der Waals surface area contributed by atoms with Crippen LogP contribution in [0.3, 0.4) is 0 Å². The van der Waals surface area contributed by atoms with Crippen molar-refractivity contribution in [1.29, 1.82) is 0 Å². The third-order valence-electron chi connectivity index (χ3n) is 1.82. The van der Waals surface area contributed by atoms with Crippen LogP contribution in [-0.4, -0.2) is 45.6 Å². The first kappa shape index (κ1) is 24.4. The van der Waals surface area contributed by atoms with Gasteiger partial charge in [0.05, 0.1) is 0 Å². The molecule has 0 aliphatic heterocycles. The summed E-state index contributed by atoms with van der Waals surface area (Å²) in [6, 6.07) is 0. The second-order valence-electron chi connectivity index (χ2n) is 3.88. The van der Waals surface area contributed by atoms with Gasteiger partial charge in [0.2, 0.25) is 0 Å². The molecular weight excluding hydrogens is 262 g/mol. The van der Waals surface area contributed by atoms with E-state index in [4.69, 9.17) is 24.0 Å². The van der Waals surface area contributed by atoms with E-state index >= 15 is 0 Å². The second kappa shape index (κ2) is 20.7. The van der Waals surface area contributed by atoms with Crippen molar-refractivity contribution in [1.82, 2.24) is 0 Å². The Morgan fingerprint density at radius 1 is 1.16 bits per heavy atom. The first-order chi connectivity index (χ1) is 8.83. The van der Waals surface area contributed by atoms with E-state index in [0.29, 0.717) is 0 Å². The fourth-order valence-electron chi connectivity index (χ4n) is 0.803. The fraction of sp³-hybridized carbons (Fsp3) is 0.833. The molecule has 0 aromatic heterocycles. The van der Waals surface area contributed by atoms with Gasteiger partial charge >= 0.3 is 81.2 Å². The van der Waals surface area contributed by atoms with E-state index in [1.54, 1.807) is 0 Å². The van der Waals surface area contributed by atoms with Crippen LogP contribution in [-0.2, 0) is 9.30 Å². The molecule has 5 nitrogen and oxygen atoms in total. The van der Waals surface area contributed by atoms with Gasteiger partial charge in [0, 0.05) is 0 Å². The van der Waals surface area contributed by atoms with E-state index in [2.05, 4.69) is 38.1 Å². The van der Waals surface area contributed by atoms with Gasteiger partial charge in [-0.1, -0.05) is 13.0 Å². The molecule has 112 valence electrons. The van der Waals surface area contributed by atoms with Gasteiger partial charge in [-0.05, 0) is 6.42 Å². The Bertz CT molecular complexity index is 192. The number of unbranched alkanes of at least 4 members (excludes halogenated alkanes) is 2. The average Bonchev–Trinajstić information content (AvgIpc) is 2.32. The molecule has 0 aromatic carbocycles. The third kappa shape index (κ3) is 70.1. The minimum atomic E-state index is -4.64. The quantitative estimate of drug-likeness (QED) is 0.277. The van der Waals surface area contributed by atoms with Crippen molar-refractivity contribution in [2.75, 3.05) is 13.2 Å². The zero-order chi connectivity index (χ0) is 15.6. The summed E-state index contributed by atoms with van der Waals surface area (Å²) >= 11 is 2.19.